The van der Waals surface area contributed by atoms with Crippen molar-refractivity contribution in [3.63, 3.8) is 0 Å². The molecule has 5 heteroatoms. The molecule has 0 spiro atoms. The summed E-state index contributed by atoms with van der Waals surface area (Å²) >= 11 is 5.52. The zero-order valence-corrected chi connectivity index (χ0v) is 7.60. The Labute approximate surface area is 79.2 Å². The molecule has 0 bridgehead atoms. The monoisotopic (exact) mass is 203 g/mol. The third-order valence-corrected chi connectivity index (χ3v) is 1.86. The smallest absolute Gasteiger partial charge is 0.338 e. The highest BCUT2D eigenvalue weighted by Gasteiger charge is 2.14. The molecular formula is C8H7ClFNO2. The number of nitrogens with zero attached hydrogens (tertiary/aromatic N) is 1. The highest BCUT2D eigenvalue weighted by molar-refractivity contribution is 6.32. The molecule has 0 aliphatic carbocycles. The number of pyridine rings is 1. The van der Waals surface area contributed by atoms with Crippen LogP contribution in [0, 0.1) is 5.82 Å². The summed E-state index contributed by atoms with van der Waals surface area (Å²) in [5.74, 6) is -1.91. The van der Waals surface area contributed by atoms with E-state index < -0.39 is 11.8 Å². The number of halogens is 2. The van der Waals surface area contributed by atoms with Gasteiger partial charge in [-0.05, 0) is 12.5 Å². The minimum Gasteiger partial charge on any atom is -0.478 e. The van der Waals surface area contributed by atoms with Crippen molar-refractivity contribution in [2.75, 3.05) is 0 Å². The highest BCUT2D eigenvalue weighted by atomic mass is 35.5. The van der Waals surface area contributed by atoms with Crippen LogP contribution in [0.15, 0.2) is 6.07 Å². The van der Waals surface area contributed by atoms with E-state index in [1.165, 1.54) is 0 Å². The molecule has 1 rings (SSSR count). The molecule has 0 radical (unpaired) electrons. The fourth-order valence-corrected chi connectivity index (χ4v) is 1.14. The van der Waals surface area contributed by atoms with E-state index in [-0.39, 0.29) is 16.4 Å². The van der Waals surface area contributed by atoms with Crippen LogP contribution in [-0.4, -0.2) is 16.1 Å². The average Bonchev–Trinajstić information content (AvgIpc) is 2.07. The van der Waals surface area contributed by atoms with E-state index in [1.54, 1.807) is 6.92 Å². The molecule has 0 fully saturated rings. The topological polar surface area (TPSA) is 50.2 Å². The van der Waals surface area contributed by atoms with Crippen LogP contribution in [0.3, 0.4) is 0 Å². The summed E-state index contributed by atoms with van der Waals surface area (Å²) in [5.41, 5.74) is -0.133. The molecule has 1 aromatic rings. The lowest BCUT2D eigenvalue weighted by molar-refractivity contribution is 0.0696. The molecule has 1 heterocycles. The molecular weight excluding hydrogens is 197 g/mol. The average molecular weight is 204 g/mol. The van der Waals surface area contributed by atoms with Crippen molar-refractivity contribution >= 4 is 17.6 Å². The van der Waals surface area contributed by atoms with Gasteiger partial charge in [0.2, 0.25) is 0 Å². The van der Waals surface area contributed by atoms with Gasteiger partial charge in [0.15, 0.2) is 0 Å². The quantitative estimate of drug-likeness (QED) is 0.750. The van der Waals surface area contributed by atoms with Gasteiger partial charge in [-0.25, -0.2) is 14.2 Å². The summed E-state index contributed by atoms with van der Waals surface area (Å²) in [6.45, 7) is 1.71. The SMILES string of the molecule is CCc1nc(Cl)c(C(=O)O)cc1F. The number of aromatic carboxylic acids is 1. The fourth-order valence-electron chi connectivity index (χ4n) is 0.900. The zero-order valence-electron chi connectivity index (χ0n) is 6.84. The maximum atomic E-state index is 13.0. The van der Waals surface area contributed by atoms with Gasteiger partial charge in [0.1, 0.15) is 11.0 Å². The molecule has 13 heavy (non-hydrogen) atoms. The molecule has 0 saturated carbocycles. The third-order valence-electron chi connectivity index (χ3n) is 1.57. The first-order valence-corrected chi connectivity index (χ1v) is 4.02. The molecule has 0 unspecified atom stereocenters. The van der Waals surface area contributed by atoms with E-state index in [0.29, 0.717) is 6.42 Å². The van der Waals surface area contributed by atoms with Crippen molar-refractivity contribution in [1.82, 2.24) is 4.98 Å². The standard InChI is InChI=1S/C8H7ClFNO2/c1-2-6-5(10)3-4(8(12)13)7(9)11-6/h3H,2H2,1H3,(H,12,13). The lowest BCUT2D eigenvalue weighted by atomic mass is 10.2. The maximum absolute atomic E-state index is 13.0. The number of hydrogen-bond donors (Lipinski definition) is 1. The van der Waals surface area contributed by atoms with E-state index >= 15 is 0 Å². The van der Waals surface area contributed by atoms with Gasteiger partial charge < -0.3 is 5.11 Å². The van der Waals surface area contributed by atoms with Gasteiger partial charge in [-0.2, -0.15) is 0 Å². The van der Waals surface area contributed by atoms with E-state index in [1.807, 2.05) is 0 Å². The zero-order chi connectivity index (χ0) is 10.0. The molecule has 0 aliphatic rings. The van der Waals surface area contributed by atoms with Crippen molar-refractivity contribution in [2.45, 2.75) is 13.3 Å². The van der Waals surface area contributed by atoms with Crippen LogP contribution >= 0.6 is 11.6 Å². The second-order valence-electron chi connectivity index (χ2n) is 2.41. The number of rotatable bonds is 2. The normalized spacial score (nSPS) is 10.1. The number of aryl methyl sites for hydroxylation is 1. The summed E-state index contributed by atoms with van der Waals surface area (Å²) in [5, 5.41) is 8.39. The maximum Gasteiger partial charge on any atom is 0.338 e. The van der Waals surface area contributed by atoms with Gasteiger partial charge in [0.25, 0.3) is 0 Å². The van der Waals surface area contributed by atoms with Gasteiger partial charge in [-0.1, -0.05) is 18.5 Å². The molecule has 0 aromatic carbocycles. The molecule has 70 valence electrons. The number of hydrogen-bond acceptors (Lipinski definition) is 2. The highest BCUT2D eigenvalue weighted by Crippen LogP contribution is 2.17. The van der Waals surface area contributed by atoms with Crippen LogP contribution in [0.4, 0.5) is 4.39 Å². The van der Waals surface area contributed by atoms with E-state index in [2.05, 4.69) is 4.98 Å². The summed E-state index contributed by atoms with van der Waals surface area (Å²) in [4.78, 5) is 14.1. The minimum absolute atomic E-state index is 0.175. The first-order valence-electron chi connectivity index (χ1n) is 3.64. The first-order chi connectivity index (χ1) is 6.06. The lowest BCUT2D eigenvalue weighted by Gasteiger charge is -2.02. The van der Waals surface area contributed by atoms with Crippen molar-refractivity contribution in [3.8, 4) is 0 Å². The largest absolute Gasteiger partial charge is 0.478 e. The minimum atomic E-state index is -1.28. The predicted molar refractivity (Wildman–Crippen MR) is 45.5 cm³/mol. The van der Waals surface area contributed by atoms with Crippen LogP contribution in [0.5, 0.6) is 0 Å². The van der Waals surface area contributed by atoms with Crippen molar-refractivity contribution in [2.24, 2.45) is 0 Å². The Kier molecular flexibility index (Phi) is 2.83. The number of aromatic nitrogens is 1. The van der Waals surface area contributed by atoms with Crippen LogP contribution in [0.2, 0.25) is 5.15 Å². The molecule has 3 nitrogen and oxygen atoms in total. The van der Waals surface area contributed by atoms with Crippen LogP contribution in [0.25, 0.3) is 0 Å². The Bertz CT molecular complexity index is 354. The van der Waals surface area contributed by atoms with E-state index in [9.17, 15) is 9.18 Å². The lowest BCUT2D eigenvalue weighted by Crippen LogP contribution is -2.03. The van der Waals surface area contributed by atoms with Gasteiger partial charge >= 0.3 is 5.97 Å². The first kappa shape index (κ1) is 9.92. The Morgan fingerprint density at radius 3 is 2.85 bits per heavy atom. The molecule has 0 atom stereocenters. The van der Waals surface area contributed by atoms with Gasteiger partial charge in [-0.15, -0.1) is 0 Å². The van der Waals surface area contributed by atoms with Gasteiger partial charge in [0.05, 0.1) is 11.3 Å². The fraction of sp³-hybridized carbons (Fsp3) is 0.250. The Morgan fingerprint density at radius 1 is 1.77 bits per heavy atom. The molecule has 0 aliphatic heterocycles. The molecule has 0 saturated heterocycles. The number of carbonyl (C=O) groups is 1. The summed E-state index contributed by atoms with van der Waals surface area (Å²) in [6, 6.07) is 0.885. The molecule has 1 N–H and O–H groups in total. The van der Waals surface area contributed by atoms with Crippen LogP contribution < -0.4 is 0 Å². The van der Waals surface area contributed by atoms with Crippen LogP contribution in [0.1, 0.15) is 23.0 Å². The predicted octanol–water partition coefficient (Wildman–Crippen LogP) is 2.13. The van der Waals surface area contributed by atoms with E-state index in [4.69, 9.17) is 16.7 Å². The van der Waals surface area contributed by atoms with E-state index in [0.717, 1.165) is 6.07 Å². The Hall–Kier alpha value is -1.16. The van der Waals surface area contributed by atoms with Crippen molar-refractivity contribution in [1.29, 1.82) is 0 Å². The van der Waals surface area contributed by atoms with Gasteiger partial charge in [-0.3, -0.25) is 0 Å². The molecule has 0 amide bonds. The van der Waals surface area contributed by atoms with Crippen molar-refractivity contribution in [3.05, 3.63) is 28.3 Å². The second-order valence-corrected chi connectivity index (χ2v) is 2.77. The van der Waals surface area contributed by atoms with Crippen molar-refractivity contribution < 1.29 is 14.3 Å². The summed E-state index contributed by atoms with van der Waals surface area (Å²) < 4.78 is 13.0. The van der Waals surface area contributed by atoms with Crippen LogP contribution in [-0.2, 0) is 6.42 Å². The second kappa shape index (κ2) is 3.70. The summed E-state index contributed by atoms with van der Waals surface area (Å²) in [7, 11) is 0. The molecule has 1 aromatic heterocycles. The Morgan fingerprint density at radius 2 is 2.38 bits per heavy atom. The third kappa shape index (κ3) is 1.95. The summed E-state index contributed by atoms with van der Waals surface area (Å²) in [6.07, 6.45) is 0.380. The van der Waals surface area contributed by atoms with Gasteiger partial charge in [0, 0.05) is 0 Å². The number of carboxylic acids is 1. The number of carboxylic acid groups (broad SMARTS) is 1. The Balaban J connectivity index is 3.28.